The molecule has 0 aromatic heterocycles. The van der Waals surface area contributed by atoms with E-state index in [1.54, 1.807) is 48.4 Å². The van der Waals surface area contributed by atoms with Crippen molar-refractivity contribution in [2.45, 2.75) is 6.42 Å². The van der Waals surface area contributed by atoms with Gasteiger partial charge >= 0.3 is 0 Å². The molecule has 30 heavy (non-hydrogen) atoms. The van der Waals surface area contributed by atoms with Crippen molar-refractivity contribution in [2.24, 2.45) is 5.92 Å². The molecule has 2 N–H and O–H groups in total. The lowest BCUT2D eigenvalue weighted by Crippen LogP contribution is -2.28. The smallest absolute Gasteiger partial charge is 0.262 e. The van der Waals surface area contributed by atoms with Crippen LogP contribution in [0.4, 0.5) is 17.1 Å². The van der Waals surface area contributed by atoms with Gasteiger partial charge in [0.15, 0.2) is 6.61 Å². The second-order valence-corrected chi connectivity index (χ2v) is 6.98. The van der Waals surface area contributed by atoms with Gasteiger partial charge in [-0.05, 0) is 24.3 Å². The molecule has 0 saturated carbocycles. The number of rotatable bonds is 5. The Balaban J connectivity index is 1.47. The Morgan fingerprint density at radius 2 is 2.00 bits per heavy atom. The van der Waals surface area contributed by atoms with E-state index >= 15 is 0 Å². The third-order valence-electron chi connectivity index (χ3n) is 5.06. The maximum atomic E-state index is 12.8. The molecule has 1 unspecified atom stereocenters. The summed E-state index contributed by atoms with van der Waals surface area (Å²) in [5.74, 6) is 0.437. The molecule has 1 atom stereocenters. The molecule has 2 aliphatic heterocycles. The van der Waals surface area contributed by atoms with Gasteiger partial charge in [-0.1, -0.05) is 0 Å². The molecule has 2 aromatic carbocycles. The summed E-state index contributed by atoms with van der Waals surface area (Å²) >= 11 is 0. The van der Waals surface area contributed by atoms with E-state index in [0.29, 0.717) is 34.3 Å². The number of amides is 3. The van der Waals surface area contributed by atoms with Crippen molar-refractivity contribution < 1.29 is 28.6 Å². The van der Waals surface area contributed by atoms with Crippen molar-refractivity contribution >= 4 is 34.8 Å². The van der Waals surface area contributed by atoms with Crippen LogP contribution in [0.25, 0.3) is 0 Å². The van der Waals surface area contributed by atoms with Gasteiger partial charge in [-0.3, -0.25) is 14.4 Å². The summed E-state index contributed by atoms with van der Waals surface area (Å²) in [4.78, 5) is 38.3. The van der Waals surface area contributed by atoms with Crippen LogP contribution in [0.5, 0.6) is 17.2 Å². The number of nitrogens with zero attached hydrogens (tertiary/aromatic N) is 1. The first kappa shape index (κ1) is 19.6. The maximum absolute atomic E-state index is 12.8. The Morgan fingerprint density at radius 3 is 2.77 bits per heavy atom. The van der Waals surface area contributed by atoms with Crippen molar-refractivity contribution in [3.8, 4) is 17.2 Å². The molecule has 2 aromatic rings. The van der Waals surface area contributed by atoms with Gasteiger partial charge in [-0.2, -0.15) is 0 Å². The van der Waals surface area contributed by atoms with Crippen LogP contribution in [0.3, 0.4) is 0 Å². The Bertz CT molecular complexity index is 1020. The van der Waals surface area contributed by atoms with Gasteiger partial charge in [0.25, 0.3) is 5.91 Å². The van der Waals surface area contributed by atoms with Crippen LogP contribution in [-0.2, 0) is 14.4 Å². The van der Waals surface area contributed by atoms with Gasteiger partial charge in [-0.25, -0.2) is 0 Å². The minimum Gasteiger partial charge on any atom is -0.497 e. The van der Waals surface area contributed by atoms with E-state index in [4.69, 9.17) is 14.2 Å². The molecule has 156 valence electrons. The van der Waals surface area contributed by atoms with Crippen LogP contribution in [0.1, 0.15) is 6.42 Å². The first-order valence-electron chi connectivity index (χ1n) is 9.38. The molecule has 9 heteroatoms. The number of ether oxygens (including phenoxy) is 3. The Kier molecular flexibility index (Phi) is 5.18. The summed E-state index contributed by atoms with van der Waals surface area (Å²) in [6.07, 6.45) is 0.0957. The fourth-order valence-electron chi connectivity index (χ4n) is 3.52. The van der Waals surface area contributed by atoms with Crippen LogP contribution in [0.15, 0.2) is 36.4 Å². The fraction of sp³-hybridized carbons (Fsp3) is 0.286. The van der Waals surface area contributed by atoms with Crippen LogP contribution in [0.2, 0.25) is 0 Å². The van der Waals surface area contributed by atoms with E-state index in [-0.39, 0.29) is 37.3 Å². The monoisotopic (exact) mass is 411 g/mol. The van der Waals surface area contributed by atoms with Crippen molar-refractivity contribution in [3.63, 3.8) is 0 Å². The molecule has 0 spiro atoms. The highest BCUT2D eigenvalue weighted by Crippen LogP contribution is 2.36. The molecule has 4 rings (SSSR count). The molecular formula is C21H21N3O6. The zero-order valence-electron chi connectivity index (χ0n) is 16.6. The molecule has 2 heterocycles. The summed E-state index contributed by atoms with van der Waals surface area (Å²) in [5, 5.41) is 5.52. The predicted molar refractivity (Wildman–Crippen MR) is 109 cm³/mol. The van der Waals surface area contributed by atoms with E-state index in [2.05, 4.69) is 10.6 Å². The highest BCUT2D eigenvalue weighted by molar-refractivity contribution is 6.04. The fourth-order valence-corrected chi connectivity index (χ4v) is 3.52. The number of methoxy groups -OCH3 is 2. The Morgan fingerprint density at radius 1 is 1.17 bits per heavy atom. The molecule has 2 aliphatic rings. The van der Waals surface area contributed by atoms with Crippen LogP contribution in [-0.4, -0.2) is 45.1 Å². The zero-order valence-corrected chi connectivity index (χ0v) is 16.6. The summed E-state index contributed by atoms with van der Waals surface area (Å²) in [7, 11) is 3.07. The molecule has 0 aliphatic carbocycles. The van der Waals surface area contributed by atoms with Crippen LogP contribution >= 0.6 is 0 Å². The molecule has 3 amide bonds. The largest absolute Gasteiger partial charge is 0.497 e. The van der Waals surface area contributed by atoms with E-state index < -0.39 is 5.92 Å². The van der Waals surface area contributed by atoms with Crippen LogP contribution < -0.4 is 29.7 Å². The standard InChI is InChI=1S/C21H21N3O6/c1-28-14-4-6-16(18(9-14)29-2)24-10-12(7-20(24)26)21(27)22-13-3-5-15-17(8-13)30-11-19(25)23-15/h3-6,8-9,12H,7,10-11H2,1-2H3,(H,22,27)(H,23,25). The summed E-state index contributed by atoms with van der Waals surface area (Å²) in [5.41, 5.74) is 1.68. The number of anilines is 3. The minimum absolute atomic E-state index is 0.0693. The number of hydrogen-bond donors (Lipinski definition) is 2. The highest BCUT2D eigenvalue weighted by atomic mass is 16.5. The number of nitrogens with one attached hydrogen (secondary N) is 2. The Labute approximate surface area is 172 Å². The minimum atomic E-state index is -0.513. The first-order valence-corrected chi connectivity index (χ1v) is 9.38. The summed E-state index contributed by atoms with van der Waals surface area (Å²) < 4.78 is 15.9. The second-order valence-electron chi connectivity index (χ2n) is 6.98. The lowest BCUT2D eigenvalue weighted by atomic mass is 10.1. The van der Waals surface area contributed by atoms with Gasteiger partial charge in [0, 0.05) is 30.8 Å². The Hall–Kier alpha value is -3.75. The van der Waals surface area contributed by atoms with E-state index in [0.717, 1.165) is 0 Å². The highest BCUT2D eigenvalue weighted by Gasteiger charge is 2.36. The number of fused-ring (bicyclic) bond motifs is 1. The van der Waals surface area contributed by atoms with E-state index in [1.807, 2.05) is 0 Å². The average molecular weight is 411 g/mol. The molecular weight excluding hydrogens is 390 g/mol. The molecule has 1 fully saturated rings. The molecule has 0 radical (unpaired) electrons. The average Bonchev–Trinajstić information content (AvgIpc) is 3.14. The van der Waals surface area contributed by atoms with Gasteiger partial charge in [0.2, 0.25) is 11.8 Å². The topological polar surface area (TPSA) is 106 Å². The molecule has 1 saturated heterocycles. The van der Waals surface area contributed by atoms with E-state index in [9.17, 15) is 14.4 Å². The van der Waals surface area contributed by atoms with Crippen molar-refractivity contribution in [2.75, 3.05) is 42.9 Å². The van der Waals surface area contributed by atoms with Crippen molar-refractivity contribution in [1.29, 1.82) is 0 Å². The quantitative estimate of drug-likeness (QED) is 0.780. The lowest BCUT2D eigenvalue weighted by molar-refractivity contribution is -0.122. The third kappa shape index (κ3) is 3.73. The summed E-state index contributed by atoms with van der Waals surface area (Å²) in [6.45, 7) is 0.172. The molecule has 9 nitrogen and oxygen atoms in total. The van der Waals surface area contributed by atoms with Crippen LogP contribution in [0, 0.1) is 5.92 Å². The summed E-state index contributed by atoms with van der Waals surface area (Å²) in [6, 6.07) is 10.2. The van der Waals surface area contributed by atoms with Gasteiger partial charge in [-0.15, -0.1) is 0 Å². The van der Waals surface area contributed by atoms with Gasteiger partial charge in [0.05, 0.1) is 31.5 Å². The van der Waals surface area contributed by atoms with Crippen molar-refractivity contribution in [3.05, 3.63) is 36.4 Å². The number of carbonyl (C=O) groups excluding carboxylic acids is 3. The third-order valence-corrected chi connectivity index (χ3v) is 5.06. The number of hydrogen-bond acceptors (Lipinski definition) is 6. The van der Waals surface area contributed by atoms with Gasteiger partial charge < -0.3 is 29.7 Å². The number of carbonyl (C=O) groups is 3. The normalized spacial score (nSPS) is 17.7. The van der Waals surface area contributed by atoms with E-state index in [1.165, 1.54) is 7.11 Å². The predicted octanol–water partition coefficient (Wildman–Crippen LogP) is 2.03. The number of benzene rings is 2. The lowest BCUT2D eigenvalue weighted by Gasteiger charge is -2.20. The second kappa shape index (κ2) is 7.94. The van der Waals surface area contributed by atoms with Gasteiger partial charge in [0.1, 0.15) is 17.2 Å². The molecule has 0 bridgehead atoms. The zero-order chi connectivity index (χ0) is 21.3. The van der Waals surface area contributed by atoms with Crippen molar-refractivity contribution in [1.82, 2.24) is 0 Å². The SMILES string of the molecule is COc1ccc(N2CC(C(=O)Nc3ccc4c(c3)OCC(=O)N4)CC2=O)c(OC)c1. The first-order chi connectivity index (χ1) is 14.5. The maximum Gasteiger partial charge on any atom is 0.262 e.